The Morgan fingerprint density at radius 3 is 2.44 bits per heavy atom. The third-order valence-electron chi connectivity index (χ3n) is 7.36. The summed E-state index contributed by atoms with van der Waals surface area (Å²) in [7, 11) is 0. The molecule has 8 heteroatoms. The fourth-order valence-corrected chi connectivity index (χ4v) is 5.47. The molecule has 1 aromatic heterocycles. The summed E-state index contributed by atoms with van der Waals surface area (Å²) < 4.78 is 5.93. The van der Waals surface area contributed by atoms with Gasteiger partial charge in [0.1, 0.15) is 6.10 Å². The van der Waals surface area contributed by atoms with Crippen LogP contribution in [0.15, 0.2) is 24.5 Å². The van der Waals surface area contributed by atoms with Gasteiger partial charge < -0.3 is 14.7 Å². The van der Waals surface area contributed by atoms with Crippen molar-refractivity contribution in [1.29, 1.82) is 0 Å². The van der Waals surface area contributed by atoms with Crippen LogP contribution in [-0.2, 0) is 9.53 Å². The smallest absolute Gasteiger partial charge is 0.410 e. The van der Waals surface area contributed by atoms with E-state index in [9.17, 15) is 14.7 Å². The predicted molar refractivity (Wildman–Crippen MR) is 122 cm³/mol. The van der Waals surface area contributed by atoms with Gasteiger partial charge in [0.15, 0.2) is 0 Å². The van der Waals surface area contributed by atoms with Gasteiger partial charge in [-0.15, -0.1) is 0 Å². The van der Waals surface area contributed by atoms with Crippen molar-refractivity contribution >= 4 is 17.7 Å². The van der Waals surface area contributed by atoms with Crippen molar-refractivity contribution in [2.24, 2.45) is 5.92 Å². The van der Waals surface area contributed by atoms with Crippen LogP contribution in [0.2, 0.25) is 0 Å². The largest absolute Gasteiger partial charge is 0.481 e. The SMILES string of the molecule is CCCCC1C(CN2CCC(C(=O)O)CC2)OC(=O)N1C1CCN(c2ccncc2)CC1. The van der Waals surface area contributed by atoms with E-state index in [1.807, 2.05) is 29.4 Å². The first-order valence-corrected chi connectivity index (χ1v) is 12.2. The second-order valence-corrected chi connectivity index (χ2v) is 9.38. The quantitative estimate of drug-likeness (QED) is 0.659. The number of carbonyl (C=O) groups is 2. The minimum Gasteiger partial charge on any atom is -0.481 e. The Kier molecular flexibility index (Phi) is 7.50. The van der Waals surface area contributed by atoms with Crippen LogP contribution in [0.4, 0.5) is 10.5 Å². The molecule has 0 radical (unpaired) electrons. The number of nitrogens with zero attached hydrogens (tertiary/aromatic N) is 4. The summed E-state index contributed by atoms with van der Waals surface area (Å²) in [5.41, 5.74) is 1.19. The first-order valence-electron chi connectivity index (χ1n) is 12.2. The third kappa shape index (κ3) is 5.17. The van der Waals surface area contributed by atoms with Gasteiger partial charge in [0.25, 0.3) is 0 Å². The third-order valence-corrected chi connectivity index (χ3v) is 7.36. The van der Waals surface area contributed by atoms with Crippen LogP contribution in [0.5, 0.6) is 0 Å². The molecule has 32 heavy (non-hydrogen) atoms. The number of piperidine rings is 2. The summed E-state index contributed by atoms with van der Waals surface area (Å²) in [6.45, 7) is 6.25. The molecule has 3 aliphatic rings. The molecule has 0 spiro atoms. The summed E-state index contributed by atoms with van der Waals surface area (Å²) in [5.74, 6) is -0.933. The van der Waals surface area contributed by atoms with Gasteiger partial charge in [-0.1, -0.05) is 19.8 Å². The topological polar surface area (TPSA) is 86.2 Å². The number of rotatable bonds is 8. The average molecular weight is 445 g/mol. The number of pyridine rings is 1. The summed E-state index contributed by atoms with van der Waals surface area (Å²) in [4.78, 5) is 35.0. The lowest BCUT2D eigenvalue weighted by atomic mass is 9.95. The number of cyclic esters (lactones) is 1. The van der Waals surface area contributed by atoms with E-state index < -0.39 is 5.97 Å². The Labute approximate surface area is 190 Å². The van der Waals surface area contributed by atoms with E-state index in [0.717, 1.165) is 58.3 Å². The Morgan fingerprint density at radius 1 is 1.12 bits per heavy atom. The molecule has 2 atom stereocenters. The number of ether oxygens (including phenoxy) is 1. The van der Waals surface area contributed by atoms with Gasteiger partial charge in [0, 0.05) is 43.8 Å². The number of aliphatic carboxylic acids is 1. The highest BCUT2D eigenvalue weighted by Crippen LogP contribution is 2.32. The molecule has 4 rings (SSSR count). The molecule has 4 heterocycles. The molecular weight excluding hydrogens is 408 g/mol. The first kappa shape index (κ1) is 22.8. The van der Waals surface area contributed by atoms with Gasteiger partial charge in [0.2, 0.25) is 0 Å². The minimum atomic E-state index is -0.693. The zero-order chi connectivity index (χ0) is 22.5. The van der Waals surface area contributed by atoms with Crippen molar-refractivity contribution in [3.63, 3.8) is 0 Å². The molecule has 1 amide bonds. The second-order valence-electron chi connectivity index (χ2n) is 9.38. The molecule has 1 aromatic rings. The van der Waals surface area contributed by atoms with Gasteiger partial charge in [0.05, 0.1) is 12.0 Å². The van der Waals surface area contributed by atoms with Gasteiger partial charge in [-0.2, -0.15) is 0 Å². The van der Waals surface area contributed by atoms with E-state index in [1.54, 1.807) is 0 Å². The molecule has 176 valence electrons. The molecule has 3 aliphatic heterocycles. The number of hydrogen-bond acceptors (Lipinski definition) is 6. The monoisotopic (exact) mass is 444 g/mol. The van der Waals surface area contributed by atoms with Gasteiger partial charge >= 0.3 is 12.1 Å². The maximum atomic E-state index is 13.0. The van der Waals surface area contributed by atoms with Crippen molar-refractivity contribution in [3.8, 4) is 0 Å². The van der Waals surface area contributed by atoms with E-state index in [4.69, 9.17) is 4.74 Å². The van der Waals surface area contributed by atoms with E-state index >= 15 is 0 Å². The maximum Gasteiger partial charge on any atom is 0.410 e. The van der Waals surface area contributed by atoms with Crippen LogP contribution in [0, 0.1) is 5.92 Å². The summed E-state index contributed by atoms with van der Waals surface area (Å²) >= 11 is 0. The molecule has 3 saturated heterocycles. The number of carboxylic acids is 1. The van der Waals surface area contributed by atoms with Crippen LogP contribution in [-0.4, -0.2) is 82.9 Å². The number of amides is 1. The fourth-order valence-electron chi connectivity index (χ4n) is 5.47. The molecule has 8 nitrogen and oxygen atoms in total. The van der Waals surface area contributed by atoms with Crippen molar-refractivity contribution in [1.82, 2.24) is 14.8 Å². The van der Waals surface area contributed by atoms with Crippen LogP contribution in [0.1, 0.15) is 51.9 Å². The molecule has 0 bridgehead atoms. The Balaban J connectivity index is 1.37. The summed E-state index contributed by atoms with van der Waals surface area (Å²) in [5, 5.41) is 9.25. The number of likely N-dealkylation sites (tertiary alicyclic amines) is 1. The minimum absolute atomic E-state index is 0.108. The molecule has 0 saturated carbocycles. The highest BCUT2D eigenvalue weighted by molar-refractivity contribution is 5.71. The van der Waals surface area contributed by atoms with Crippen LogP contribution in [0.3, 0.4) is 0 Å². The number of unbranched alkanes of at least 4 members (excludes halogenated alkanes) is 1. The van der Waals surface area contributed by atoms with Gasteiger partial charge in [-0.05, 0) is 57.3 Å². The standard InChI is InChI=1S/C24H36N4O4/c1-2-3-4-21-22(17-26-13-7-18(8-14-26)23(29)30)32-24(31)28(21)20-9-15-27(16-10-20)19-5-11-25-12-6-19/h5-6,11-12,18,20-22H,2-4,7-10,13-17H2,1H3,(H,29,30). The molecule has 0 aromatic carbocycles. The van der Waals surface area contributed by atoms with Crippen molar-refractivity contribution in [2.75, 3.05) is 37.6 Å². The number of carboxylic acid groups (broad SMARTS) is 1. The highest BCUT2D eigenvalue weighted by atomic mass is 16.6. The normalized spacial score (nSPS) is 25.8. The Hall–Kier alpha value is -2.35. The Morgan fingerprint density at radius 2 is 1.81 bits per heavy atom. The number of anilines is 1. The van der Waals surface area contributed by atoms with Crippen LogP contribution in [0.25, 0.3) is 0 Å². The van der Waals surface area contributed by atoms with Crippen molar-refractivity contribution in [2.45, 2.75) is 70.1 Å². The van der Waals surface area contributed by atoms with E-state index in [0.29, 0.717) is 19.4 Å². The molecular formula is C24H36N4O4. The van der Waals surface area contributed by atoms with Crippen molar-refractivity contribution in [3.05, 3.63) is 24.5 Å². The molecule has 1 N–H and O–H groups in total. The maximum absolute atomic E-state index is 13.0. The van der Waals surface area contributed by atoms with Crippen LogP contribution < -0.4 is 4.90 Å². The first-order chi connectivity index (χ1) is 15.6. The average Bonchev–Trinajstić information content (AvgIpc) is 3.13. The summed E-state index contributed by atoms with van der Waals surface area (Å²) in [6.07, 6.45) is 9.71. The Bertz CT molecular complexity index is 761. The van der Waals surface area contributed by atoms with Crippen LogP contribution >= 0.6 is 0 Å². The number of carbonyl (C=O) groups excluding carboxylic acids is 1. The van der Waals surface area contributed by atoms with Crippen molar-refractivity contribution < 1.29 is 19.4 Å². The van der Waals surface area contributed by atoms with E-state index in [2.05, 4.69) is 21.7 Å². The fraction of sp³-hybridized carbons (Fsp3) is 0.708. The van der Waals surface area contributed by atoms with Gasteiger partial charge in [-0.3, -0.25) is 19.6 Å². The summed E-state index contributed by atoms with van der Waals surface area (Å²) in [6, 6.07) is 4.40. The molecule has 3 fully saturated rings. The number of hydrogen-bond donors (Lipinski definition) is 1. The highest BCUT2D eigenvalue weighted by Gasteiger charge is 2.46. The predicted octanol–water partition coefficient (Wildman–Crippen LogP) is 3.23. The second kappa shape index (κ2) is 10.5. The number of aromatic nitrogens is 1. The van der Waals surface area contributed by atoms with E-state index in [1.165, 1.54) is 5.69 Å². The molecule has 0 aliphatic carbocycles. The zero-order valence-electron chi connectivity index (χ0n) is 19.1. The molecule has 2 unspecified atom stereocenters. The zero-order valence-corrected chi connectivity index (χ0v) is 19.1. The lowest BCUT2D eigenvalue weighted by Crippen LogP contribution is -2.51. The lowest BCUT2D eigenvalue weighted by Gasteiger charge is -2.39. The van der Waals surface area contributed by atoms with Gasteiger partial charge in [-0.25, -0.2) is 4.79 Å². The lowest BCUT2D eigenvalue weighted by molar-refractivity contribution is -0.143. The van der Waals surface area contributed by atoms with E-state index in [-0.39, 0.29) is 30.2 Å².